The lowest BCUT2D eigenvalue weighted by Gasteiger charge is -2.19. The normalized spacial score (nSPS) is 13.2. The number of rotatable bonds is 2. The van der Waals surface area contributed by atoms with Crippen LogP contribution in [0.3, 0.4) is 0 Å². The van der Waals surface area contributed by atoms with Gasteiger partial charge < -0.3 is 9.84 Å². The van der Waals surface area contributed by atoms with Crippen molar-refractivity contribution in [3.05, 3.63) is 0 Å². The van der Waals surface area contributed by atoms with Gasteiger partial charge in [0.1, 0.15) is 5.60 Å². The molecular formula is C8H14NO4. The molecule has 75 valence electrons. The number of carboxylic acid groups (broad SMARTS) is 1. The summed E-state index contributed by atoms with van der Waals surface area (Å²) in [5.41, 5.74) is -0.640. The Morgan fingerprint density at radius 3 is 2.15 bits per heavy atom. The topological polar surface area (TPSA) is 77.7 Å². The van der Waals surface area contributed by atoms with Crippen molar-refractivity contribution in [3.63, 3.8) is 0 Å². The SMILES string of the molecule is C[C@H]([15N]C(=O)OC(C)(C)C)C(=O)O. The first-order chi connectivity index (χ1) is 5.72. The van der Waals surface area contributed by atoms with E-state index in [-0.39, 0.29) is 0 Å². The Kier molecular flexibility index (Phi) is 3.71. The smallest absolute Gasteiger partial charge is 0.430 e. The highest BCUT2D eigenvalue weighted by Crippen LogP contribution is 2.07. The second kappa shape index (κ2) is 4.11. The number of hydrogen-bond acceptors (Lipinski definition) is 3. The Morgan fingerprint density at radius 1 is 1.38 bits per heavy atom. The average molecular weight is 189 g/mol. The van der Waals surface area contributed by atoms with E-state index in [0.717, 1.165) is 0 Å². The van der Waals surface area contributed by atoms with Crippen LogP contribution in [0.1, 0.15) is 27.7 Å². The molecule has 0 aromatic rings. The van der Waals surface area contributed by atoms with Crippen LogP contribution in [0.25, 0.3) is 0 Å². The predicted molar refractivity (Wildman–Crippen MR) is 45.5 cm³/mol. The second-order valence-corrected chi connectivity index (χ2v) is 3.62. The molecule has 5 heteroatoms. The molecule has 0 rings (SSSR count). The van der Waals surface area contributed by atoms with E-state index in [9.17, 15) is 9.59 Å². The lowest BCUT2D eigenvalue weighted by Crippen LogP contribution is -2.36. The summed E-state index contributed by atoms with van der Waals surface area (Å²) in [7, 11) is 0. The van der Waals surface area contributed by atoms with Crippen molar-refractivity contribution in [2.45, 2.75) is 39.3 Å². The zero-order chi connectivity index (χ0) is 10.6. The molecule has 0 bridgehead atoms. The van der Waals surface area contributed by atoms with E-state index in [0.29, 0.717) is 0 Å². The second-order valence-electron chi connectivity index (χ2n) is 3.62. The third-order valence-corrected chi connectivity index (χ3v) is 1.05. The standard InChI is InChI=1S/C8H14NO4/c1-5(6(10)11)9-7(12)13-8(2,3)4/h5H,1-4H3,(H,10,11)/t5-/m0/s1/i9+1. The Labute approximate surface area is 77.1 Å². The molecule has 1 N–H and O–H groups in total. The molecule has 0 unspecified atom stereocenters. The summed E-state index contributed by atoms with van der Waals surface area (Å²) in [5.74, 6) is -1.15. The number of hydrogen-bond donors (Lipinski definition) is 1. The van der Waals surface area contributed by atoms with E-state index >= 15 is 0 Å². The highest BCUT2D eigenvalue weighted by atomic mass is 16.6. The molecule has 1 radical (unpaired) electrons. The summed E-state index contributed by atoms with van der Waals surface area (Å²) in [6.07, 6.45) is -0.845. The molecule has 0 heterocycles. The number of ether oxygens (including phenoxy) is 1. The molecule has 0 aromatic carbocycles. The fourth-order valence-electron chi connectivity index (χ4n) is 0.502. The molecule has 1 amide bonds. The number of nitrogens with zero attached hydrogens (tertiary/aromatic N) is 1. The van der Waals surface area contributed by atoms with E-state index < -0.39 is 23.7 Å². The van der Waals surface area contributed by atoms with Crippen molar-refractivity contribution >= 4 is 12.1 Å². The molecule has 0 saturated carbocycles. The molecule has 5 nitrogen and oxygen atoms in total. The highest BCUT2D eigenvalue weighted by Gasteiger charge is 2.22. The van der Waals surface area contributed by atoms with Gasteiger partial charge in [-0.3, -0.25) is 0 Å². The Hall–Kier alpha value is -1.26. The summed E-state index contributed by atoms with van der Waals surface area (Å²) >= 11 is 0. The first kappa shape index (κ1) is 11.7. The van der Waals surface area contributed by atoms with Gasteiger partial charge >= 0.3 is 12.1 Å². The molecule has 13 heavy (non-hydrogen) atoms. The summed E-state index contributed by atoms with van der Waals surface area (Å²) in [4.78, 5) is 21.2. The van der Waals surface area contributed by atoms with Gasteiger partial charge in [-0.15, -0.1) is 0 Å². The van der Waals surface area contributed by atoms with Crippen molar-refractivity contribution in [1.82, 2.24) is 5.32 Å². The van der Waals surface area contributed by atoms with Gasteiger partial charge in [-0.25, -0.2) is 9.59 Å². The van der Waals surface area contributed by atoms with Crippen LogP contribution in [0.5, 0.6) is 0 Å². The van der Waals surface area contributed by atoms with Crippen molar-refractivity contribution in [3.8, 4) is 0 Å². The van der Waals surface area contributed by atoms with Crippen LogP contribution < -0.4 is 5.32 Å². The third-order valence-electron chi connectivity index (χ3n) is 1.05. The van der Waals surface area contributed by atoms with Crippen LogP contribution in [0.15, 0.2) is 0 Å². The van der Waals surface area contributed by atoms with Crippen molar-refractivity contribution in [2.75, 3.05) is 0 Å². The van der Waals surface area contributed by atoms with Crippen LogP contribution in [0.4, 0.5) is 4.79 Å². The predicted octanol–water partition coefficient (Wildman–Crippen LogP) is 0.999. The first-order valence-electron chi connectivity index (χ1n) is 3.89. The van der Waals surface area contributed by atoms with E-state index in [1.807, 2.05) is 0 Å². The van der Waals surface area contributed by atoms with Crippen LogP contribution in [-0.2, 0) is 9.53 Å². The molecule has 0 aliphatic rings. The minimum atomic E-state index is -1.15. The number of carbonyl (C=O) groups excluding carboxylic acids is 1. The molecule has 1 atom stereocenters. The summed E-state index contributed by atoms with van der Waals surface area (Å²) in [6.45, 7) is 6.37. The summed E-state index contributed by atoms with van der Waals surface area (Å²) in [6, 6.07) is -1.06. The maximum atomic E-state index is 10.9. The minimum absolute atomic E-state index is 0.640. The molecular weight excluding hydrogens is 175 g/mol. The van der Waals surface area contributed by atoms with Crippen molar-refractivity contribution in [2.24, 2.45) is 0 Å². The summed E-state index contributed by atoms with van der Waals surface area (Å²) < 4.78 is 4.79. The fraction of sp³-hybridized carbons (Fsp3) is 0.750. The number of amides is 1. The number of carboxylic acids is 1. The maximum absolute atomic E-state index is 10.9. The van der Waals surface area contributed by atoms with Gasteiger partial charge in [-0.1, -0.05) is 0 Å². The molecule has 0 aromatic heterocycles. The van der Waals surface area contributed by atoms with Crippen LogP contribution in [0.2, 0.25) is 0 Å². The van der Waals surface area contributed by atoms with Gasteiger partial charge in [0, 0.05) is 0 Å². The van der Waals surface area contributed by atoms with Gasteiger partial charge in [0.05, 0.1) is 0 Å². The Bertz CT molecular complexity index is 207. The maximum Gasteiger partial charge on any atom is 0.430 e. The minimum Gasteiger partial charge on any atom is -0.480 e. The van der Waals surface area contributed by atoms with Crippen LogP contribution in [-0.4, -0.2) is 28.8 Å². The molecule has 0 spiro atoms. The van der Waals surface area contributed by atoms with Crippen molar-refractivity contribution in [1.29, 1.82) is 0 Å². The third kappa shape index (κ3) is 5.95. The van der Waals surface area contributed by atoms with Crippen LogP contribution >= 0.6 is 0 Å². The van der Waals surface area contributed by atoms with Gasteiger partial charge in [-0.05, 0) is 27.7 Å². The Balaban J connectivity index is 3.96. The molecule has 0 fully saturated rings. The van der Waals surface area contributed by atoms with E-state index in [4.69, 9.17) is 9.84 Å². The number of aliphatic carboxylic acids is 1. The van der Waals surface area contributed by atoms with Gasteiger partial charge in [-0.2, -0.15) is 5.32 Å². The van der Waals surface area contributed by atoms with Crippen LogP contribution in [0, 0.1) is 0 Å². The molecule has 0 aliphatic heterocycles. The monoisotopic (exact) mass is 189 g/mol. The quantitative estimate of drug-likeness (QED) is 0.657. The van der Waals surface area contributed by atoms with Gasteiger partial charge in [0.25, 0.3) is 0 Å². The zero-order valence-electron chi connectivity index (χ0n) is 8.20. The first-order valence-corrected chi connectivity index (χ1v) is 3.89. The largest absolute Gasteiger partial charge is 0.480 e. The van der Waals surface area contributed by atoms with E-state index in [2.05, 4.69) is 5.32 Å². The average Bonchev–Trinajstić information content (AvgIpc) is 1.81. The van der Waals surface area contributed by atoms with Crippen molar-refractivity contribution < 1.29 is 19.4 Å². The molecule has 0 aliphatic carbocycles. The van der Waals surface area contributed by atoms with E-state index in [1.165, 1.54) is 6.92 Å². The molecule has 0 saturated heterocycles. The van der Waals surface area contributed by atoms with Gasteiger partial charge in [0.2, 0.25) is 0 Å². The zero-order valence-corrected chi connectivity index (χ0v) is 8.20. The van der Waals surface area contributed by atoms with Gasteiger partial charge in [0.15, 0.2) is 6.04 Å². The highest BCUT2D eigenvalue weighted by molar-refractivity contribution is 5.79. The lowest BCUT2D eigenvalue weighted by molar-refractivity contribution is -0.139. The van der Waals surface area contributed by atoms with E-state index in [1.54, 1.807) is 20.8 Å². The lowest BCUT2D eigenvalue weighted by atomic mass is 10.2. The fourth-order valence-corrected chi connectivity index (χ4v) is 0.502. The Morgan fingerprint density at radius 2 is 1.85 bits per heavy atom. The number of carbonyl (C=O) groups is 2. The summed E-state index contributed by atoms with van der Waals surface area (Å²) in [5, 5.41) is 11.7.